The van der Waals surface area contributed by atoms with Crippen LogP contribution in [0.4, 0.5) is 0 Å². The van der Waals surface area contributed by atoms with Crippen molar-refractivity contribution in [2.45, 2.75) is 0 Å². The summed E-state index contributed by atoms with van der Waals surface area (Å²) >= 11 is 0. The Hall–Kier alpha value is -2.87. The highest BCUT2D eigenvalue weighted by atomic mass is 16.4. The molecule has 0 saturated carbocycles. The first-order chi connectivity index (χ1) is 8.61. The van der Waals surface area contributed by atoms with Crippen LogP contribution in [0.25, 0.3) is 17.0 Å². The largest absolute Gasteiger partial charge is 0.477 e. The zero-order chi connectivity index (χ0) is 13.1. The van der Waals surface area contributed by atoms with Gasteiger partial charge in [0.25, 0.3) is 0 Å². The van der Waals surface area contributed by atoms with Gasteiger partial charge in [0.2, 0.25) is 0 Å². The second kappa shape index (κ2) is 4.55. The molecular weight excluding hydrogens is 232 g/mol. The third kappa shape index (κ3) is 2.13. The number of fused-ring (bicyclic) bond motifs is 1. The molecule has 0 unspecified atom stereocenters. The highest BCUT2D eigenvalue weighted by Gasteiger charge is 2.07. The molecule has 2 rings (SSSR count). The van der Waals surface area contributed by atoms with E-state index < -0.39 is 11.5 Å². The summed E-state index contributed by atoms with van der Waals surface area (Å²) in [7, 11) is 0. The Morgan fingerprint density at radius 2 is 2.11 bits per heavy atom. The van der Waals surface area contributed by atoms with Crippen molar-refractivity contribution in [3.05, 3.63) is 51.8 Å². The molecule has 0 aliphatic heterocycles. The molecule has 0 spiro atoms. The van der Waals surface area contributed by atoms with E-state index in [0.717, 1.165) is 6.08 Å². The number of carboxylic acid groups (broad SMARTS) is 1. The van der Waals surface area contributed by atoms with Gasteiger partial charge in [0.1, 0.15) is 11.6 Å². The summed E-state index contributed by atoms with van der Waals surface area (Å²) in [6.07, 6.45) is 1.14. The molecule has 5 nitrogen and oxygen atoms in total. The number of hydrogen-bond donors (Lipinski definition) is 2. The lowest BCUT2D eigenvalue weighted by Crippen LogP contribution is -2.04. The molecule has 1 aromatic heterocycles. The molecule has 1 aromatic carbocycles. The summed E-state index contributed by atoms with van der Waals surface area (Å²) in [6, 6.07) is 9.70. The van der Waals surface area contributed by atoms with E-state index in [4.69, 9.17) is 10.4 Å². The monoisotopic (exact) mass is 240 g/mol. The summed E-state index contributed by atoms with van der Waals surface area (Å²) < 4.78 is 0. The number of aliphatic carboxylic acids is 1. The van der Waals surface area contributed by atoms with Crippen LogP contribution >= 0.6 is 0 Å². The van der Waals surface area contributed by atoms with Gasteiger partial charge < -0.3 is 10.1 Å². The number of carbonyl (C=O) groups is 1. The molecule has 0 amide bonds. The normalized spacial score (nSPS) is 11.2. The Bertz CT molecular complexity index is 751. The van der Waals surface area contributed by atoms with Crippen LogP contribution in [0.15, 0.2) is 40.7 Å². The molecule has 18 heavy (non-hydrogen) atoms. The van der Waals surface area contributed by atoms with Gasteiger partial charge in [0.05, 0.1) is 0 Å². The van der Waals surface area contributed by atoms with Crippen molar-refractivity contribution in [3.63, 3.8) is 0 Å². The zero-order valence-corrected chi connectivity index (χ0v) is 9.18. The van der Waals surface area contributed by atoms with Crippen LogP contribution in [-0.4, -0.2) is 16.1 Å². The molecule has 2 aromatic rings. The van der Waals surface area contributed by atoms with Crippen molar-refractivity contribution in [2.75, 3.05) is 0 Å². The minimum absolute atomic E-state index is 0.224. The summed E-state index contributed by atoms with van der Waals surface area (Å²) in [6.45, 7) is 0. The van der Waals surface area contributed by atoms with Crippen molar-refractivity contribution in [2.24, 2.45) is 0 Å². The van der Waals surface area contributed by atoms with E-state index in [9.17, 15) is 9.59 Å². The Balaban J connectivity index is 2.65. The van der Waals surface area contributed by atoms with E-state index >= 15 is 0 Å². The third-order valence-corrected chi connectivity index (χ3v) is 2.41. The van der Waals surface area contributed by atoms with Gasteiger partial charge in [0.15, 0.2) is 5.43 Å². The number of nitriles is 1. The summed E-state index contributed by atoms with van der Waals surface area (Å²) in [5.74, 6) is -1.33. The molecule has 2 N–H and O–H groups in total. The number of carboxylic acids is 1. The predicted molar refractivity (Wildman–Crippen MR) is 65.8 cm³/mol. The highest BCUT2D eigenvalue weighted by Crippen LogP contribution is 2.09. The van der Waals surface area contributed by atoms with Gasteiger partial charge in [-0.15, -0.1) is 0 Å². The minimum Gasteiger partial charge on any atom is -0.477 e. The average molecular weight is 240 g/mol. The molecule has 88 valence electrons. The summed E-state index contributed by atoms with van der Waals surface area (Å²) in [4.78, 5) is 25.4. The molecule has 0 aliphatic carbocycles. The highest BCUT2D eigenvalue weighted by molar-refractivity contribution is 5.96. The van der Waals surface area contributed by atoms with E-state index in [1.165, 1.54) is 6.07 Å². The lowest BCUT2D eigenvalue weighted by molar-refractivity contribution is -0.132. The van der Waals surface area contributed by atoms with Crippen LogP contribution in [0.5, 0.6) is 0 Å². The Kier molecular flexibility index (Phi) is 2.94. The molecule has 0 atom stereocenters. The third-order valence-electron chi connectivity index (χ3n) is 2.41. The quantitative estimate of drug-likeness (QED) is 0.614. The summed E-state index contributed by atoms with van der Waals surface area (Å²) in [5.41, 5.74) is 0.232. The van der Waals surface area contributed by atoms with Crippen LogP contribution in [0.1, 0.15) is 5.69 Å². The fraction of sp³-hybridized carbons (Fsp3) is 0. The molecule has 0 bridgehead atoms. The lowest BCUT2D eigenvalue weighted by atomic mass is 10.1. The maximum absolute atomic E-state index is 11.8. The maximum atomic E-state index is 11.8. The number of aromatic amines is 1. The van der Waals surface area contributed by atoms with Crippen molar-refractivity contribution in [1.82, 2.24) is 4.98 Å². The molecule has 1 heterocycles. The van der Waals surface area contributed by atoms with Gasteiger partial charge in [0, 0.05) is 22.7 Å². The van der Waals surface area contributed by atoms with Gasteiger partial charge in [-0.3, -0.25) is 4.79 Å². The molecule has 5 heteroatoms. The average Bonchev–Trinajstić information content (AvgIpc) is 2.35. The topological polar surface area (TPSA) is 94.0 Å². The van der Waals surface area contributed by atoms with Crippen LogP contribution in [0, 0.1) is 11.3 Å². The Labute approximate surface area is 102 Å². The van der Waals surface area contributed by atoms with Crippen molar-refractivity contribution in [1.29, 1.82) is 5.26 Å². The van der Waals surface area contributed by atoms with E-state index in [2.05, 4.69) is 4.98 Å². The van der Waals surface area contributed by atoms with Gasteiger partial charge >= 0.3 is 5.97 Å². The molecule has 0 fully saturated rings. The number of H-pyrrole nitrogens is 1. The number of nitrogens with one attached hydrogen (secondary N) is 1. The van der Waals surface area contributed by atoms with Crippen LogP contribution in [0.3, 0.4) is 0 Å². The molecule has 0 aliphatic rings. The maximum Gasteiger partial charge on any atom is 0.346 e. The van der Waals surface area contributed by atoms with Gasteiger partial charge in [-0.25, -0.2) is 4.79 Å². The van der Waals surface area contributed by atoms with Crippen LogP contribution in [0.2, 0.25) is 0 Å². The minimum atomic E-state index is -1.33. The number of hydrogen-bond acceptors (Lipinski definition) is 3. The number of rotatable bonds is 2. The first kappa shape index (κ1) is 11.6. The number of para-hydroxylation sites is 1. The fourth-order valence-electron chi connectivity index (χ4n) is 1.59. The fourth-order valence-corrected chi connectivity index (χ4v) is 1.59. The first-order valence-electron chi connectivity index (χ1n) is 5.09. The lowest BCUT2D eigenvalue weighted by Gasteiger charge is -2.00. The van der Waals surface area contributed by atoms with E-state index in [-0.39, 0.29) is 11.1 Å². The number of pyridine rings is 1. The predicted octanol–water partition coefficient (Wildman–Crippen LogP) is 1.52. The summed E-state index contributed by atoms with van der Waals surface area (Å²) in [5, 5.41) is 17.9. The van der Waals surface area contributed by atoms with E-state index in [1.807, 2.05) is 0 Å². The van der Waals surface area contributed by atoms with E-state index in [1.54, 1.807) is 30.3 Å². The first-order valence-corrected chi connectivity index (χ1v) is 5.09. The second-order valence-corrected chi connectivity index (χ2v) is 3.61. The van der Waals surface area contributed by atoms with E-state index in [0.29, 0.717) is 10.9 Å². The van der Waals surface area contributed by atoms with Crippen molar-refractivity contribution in [3.8, 4) is 6.07 Å². The molecule has 0 radical (unpaired) electrons. The Morgan fingerprint density at radius 1 is 1.39 bits per heavy atom. The standard InChI is InChI=1S/C13H8N2O3/c14-7-8(13(17)18)5-9-6-12(16)10-3-1-2-4-11(10)15-9/h1-6H,(H,15,16)(H,17,18)/b8-5-. The molecule has 0 saturated heterocycles. The van der Waals surface area contributed by atoms with Crippen molar-refractivity contribution < 1.29 is 9.90 Å². The SMILES string of the molecule is N#C/C(=C/c1cc(=O)c2ccccc2[nH]1)C(=O)O. The number of benzene rings is 1. The van der Waals surface area contributed by atoms with Gasteiger partial charge in [-0.1, -0.05) is 12.1 Å². The van der Waals surface area contributed by atoms with Gasteiger partial charge in [-0.2, -0.15) is 5.26 Å². The van der Waals surface area contributed by atoms with Crippen molar-refractivity contribution >= 4 is 22.9 Å². The van der Waals surface area contributed by atoms with Crippen LogP contribution in [-0.2, 0) is 4.79 Å². The molecular formula is C13H8N2O3. The number of nitrogens with zero attached hydrogens (tertiary/aromatic N) is 1. The Morgan fingerprint density at radius 3 is 2.78 bits per heavy atom. The number of aromatic nitrogens is 1. The van der Waals surface area contributed by atoms with Gasteiger partial charge in [-0.05, 0) is 18.2 Å². The zero-order valence-electron chi connectivity index (χ0n) is 9.18. The van der Waals surface area contributed by atoms with Crippen LogP contribution < -0.4 is 5.43 Å². The smallest absolute Gasteiger partial charge is 0.346 e. The second-order valence-electron chi connectivity index (χ2n) is 3.61.